The summed E-state index contributed by atoms with van der Waals surface area (Å²) in [6, 6.07) is 2.14. The highest BCUT2D eigenvalue weighted by Crippen LogP contribution is 2.18. The van der Waals surface area contributed by atoms with E-state index in [4.69, 9.17) is 0 Å². The standard InChI is InChI=1S/C13H18N4S/c1-4-14-13-16-7-10(3)12(17-13)15-8-11-9(2)5-6-18-11/h5-7H,4,8H2,1-3H3,(H2,14,15,16,17). The van der Waals surface area contributed by atoms with Gasteiger partial charge in [0.05, 0.1) is 6.54 Å². The molecule has 0 aliphatic rings. The summed E-state index contributed by atoms with van der Waals surface area (Å²) in [6.07, 6.45) is 1.84. The van der Waals surface area contributed by atoms with Gasteiger partial charge in [-0.3, -0.25) is 0 Å². The Kier molecular flexibility index (Phi) is 4.15. The van der Waals surface area contributed by atoms with Crippen LogP contribution in [-0.2, 0) is 6.54 Å². The van der Waals surface area contributed by atoms with Crippen molar-refractivity contribution in [2.75, 3.05) is 17.2 Å². The van der Waals surface area contributed by atoms with Crippen LogP contribution in [0.5, 0.6) is 0 Å². The second-order valence-electron chi connectivity index (χ2n) is 4.14. The summed E-state index contributed by atoms with van der Waals surface area (Å²) in [5, 5.41) is 8.61. The van der Waals surface area contributed by atoms with Gasteiger partial charge in [0, 0.05) is 23.2 Å². The number of hydrogen-bond acceptors (Lipinski definition) is 5. The van der Waals surface area contributed by atoms with Gasteiger partial charge in [-0.15, -0.1) is 11.3 Å². The van der Waals surface area contributed by atoms with Gasteiger partial charge in [0.25, 0.3) is 0 Å². The van der Waals surface area contributed by atoms with Gasteiger partial charge in [-0.1, -0.05) is 0 Å². The van der Waals surface area contributed by atoms with Gasteiger partial charge in [-0.05, 0) is 37.8 Å². The van der Waals surface area contributed by atoms with Gasteiger partial charge < -0.3 is 10.6 Å². The Labute approximate surface area is 111 Å². The molecule has 2 heterocycles. The maximum Gasteiger partial charge on any atom is 0.224 e. The van der Waals surface area contributed by atoms with Crippen molar-refractivity contribution in [3.63, 3.8) is 0 Å². The molecule has 2 N–H and O–H groups in total. The zero-order valence-electron chi connectivity index (χ0n) is 10.9. The van der Waals surface area contributed by atoms with Crippen LogP contribution >= 0.6 is 11.3 Å². The van der Waals surface area contributed by atoms with E-state index in [1.165, 1.54) is 10.4 Å². The Balaban J connectivity index is 2.08. The second-order valence-corrected chi connectivity index (χ2v) is 5.14. The molecule has 0 saturated carbocycles. The monoisotopic (exact) mass is 262 g/mol. The summed E-state index contributed by atoms with van der Waals surface area (Å²) in [7, 11) is 0. The first-order chi connectivity index (χ1) is 8.70. The van der Waals surface area contributed by atoms with E-state index in [0.29, 0.717) is 5.95 Å². The second kappa shape index (κ2) is 5.82. The first-order valence-corrected chi connectivity index (χ1v) is 6.93. The molecule has 5 heteroatoms. The van der Waals surface area contributed by atoms with Crippen LogP contribution in [0.15, 0.2) is 17.6 Å². The molecule has 2 aromatic rings. The first-order valence-electron chi connectivity index (χ1n) is 6.05. The van der Waals surface area contributed by atoms with Crippen LogP contribution in [0.25, 0.3) is 0 Å². The molecule has 18 heavy (non-hydrogen) atoms. The quantitative estimate of drug-likeness (QED) is 0.869. The number of anilines is 2. The van der Waals surface area contributed by atoms with Crippen LogP contribution < -0.4 is 10.6 Å². The normalized spacial score (nSPS) is 10.4. The van der Waals surface area contributed by atoms with Crippen molar-refractivity contribution in [3.05, 3.63) is 33.6 Å². The summed E-state index contributed by atoms with van der Waals surface area (Å²) >= 11 is 1.77. The van der Waals surface area contributed by atoms with E-state index >= 15 is 0 Å². The zero-order valence-corrected chi connectivity index (χ0v) is 11.8. The highest BCUT2D eigenvalue weighted by molar-refractivity contribution is 7.10. The van der Waals surface area contributed by atoms with Gasteiger partial charge >= 0.3 is 0 Å². The molecule has 4 nitrogen and oxygen atoms in total. The lowest BCUT2D eigenvalue weighted by molar-refractivity contribution is 1.04. The van der Waals surface area contributed by atoms with Crippen molar-refractivity contribution in [2.24, 2.45) is 0 Å². The molecule has 0 spiro atoms. The fraction of sp³-hybridized carbons (Fsp3) is 0.385. The van der Waals surface area contributed by atoms with Crippen LogP contribution in [0.3, 0.4) is 0 Å². The fourth-order valence-electron chi connectivity index (χ4n) is 1.61. The van der Waals surface area contributed by atoms with Crippen molar-refractivity contribution in [1.82, 2.24) is 9.97 Å². The maximum atomic E-state index is 4.46. The van der Waals surface area contributed by atoms with Crippen molar-refractivity contribution < 1.29 is 0 Å². The highest BCUT2D eigenvalue weighted by atomic mass is 32.1. The molecule has 0 bridgehead atoms. The minimum atomic E-state index is 0.675. The third-order valence-electron chi connectivity index (χ3n) is 2.69. The molecule has 0 atom stereocenters. The number of aromatic nitrogens is 2. The zero-order chi connectivity index (χ0) is 13.0. The van der Waals surface area contributed by atoms with E-state index < -0.39 is 0 Å². The minimum Gasteiger partial charge on any atom is -0.365 e. The molecule has 0 saturated heterocycles. The molecule has 0 radical (unpaired) electrons. The van der Waals surface area contributed by atoms with Crippen molar-refractivity contribution in [3.8, 4) is 0 Å². The number of aryl methyl sites for hydroxylation is 2. The fourth-order valence-corrected chi connectivity index (χ4v) is 2.46. The summed E-state index contributed by atoms with van der Waals surface area (Å²) < 4.78 is 0. The van der Waals surface area contributed by atoms with Crippen LogP contribution in [0.2, 0.25) is 0 Å². The Morgan fingerprint density at radius 3 is 2.72 bits per heavy atom. The van der Waals surface area contributed by atoms with Gasteiger partial charge in [0.1, 0.15) is 5.82 Å². The lowest BCUT2D eigenvalue weighted by Gasteiger charge is -2.10. The van der Waals surface area contributed by atoms with E-state index in [0.717, 1.165) is 24.5 Å². The molecule has 0 aromatic carbocycles. The molecule has 96 valence electrons. The van der Waals surface area contributed by atoms with Gasteiger partial charge in [-0.25, -0.2) is 4.98 Å². The number of hydrogen-bond donors (Lipinski definition) is 2. The van der Waals surface area contributed by atoms with Gasteiger partial charge in [0.15, 0.2) is 0 Å². The van der Waals surface area contributed by atoms with Crippen LogP contribution in [0.1, 0.15) is 22.9 Å². The summed E-state index contributed by atoms with van der Waals surface area (Å²) in [5.41, 5.74) is 2.39. The molecule has 0 amide bonds. The van der Waals surface area contributed by atoms with Crippen molar-refractivity contribution in [2.45, 2.75) is 27.3 Å². The third-order valence-corrected chi connectivity index (χ3v) is 3.71. The molecule has 2 aromatic heterocycles. The topological polar surface area (TPSA) is 49.8 Å². The van der Waals surface area contributed by atoms with Crippen LogP contribution in [0.4, 0.5) is 11.8 Å². The number of rotatable bonds is 5. The Morgan fingerprint density at radius 1 is 1.22 bits per heavy atom. The lowest BCUT2D eigenvalue weighted by atomic mass is 10.3. The first kappa shape index (κ1) is 12.8. The summed E-state index contributed by atoms with van der Waals surface area (Å²) in [4.78, 5) is 10.0. The molecule has 0 fully saturated rings. The van der Waals surface area contributed by atoms with Gasteiger partial charge in [-0.2, -0.15) is 4.98 Å². The van der Waals surface area contributed by atoms with E-state index in [2.05, 4.69) is 39.0 Å². The molecular formula is C13H18N4S. The highest BCUT2D eigenvalue weighted by Gasteiger charge is 2.05. The van der Waals surface area contributed by atoms with Gasteiger partial charge in [0.2, 0.25) is 5.95 Å². The number of nitrogens with zero attached hydrogens (tertiary/aromatic N) is 2. The average Bonchev–Trinajstić information content (AvgIpc) is 2.76. The lowest BCUT2D eigenvalue weighted by Crippen LogP contribution is -2.07. The molecule has 0 aliphatic carbocycles. The molecule has 0 aliphatic heterocycles. The predicted octanol–water partition coefficient (Wildman–Crippen LogP) is 3.20. The van der Waals surface area contributed by atoms with Crippen molar-refractivity contribution in [1.29, 1.82) is 0 Å². The molecular weight excluding hydrogens is 244 g/mol. The number of thiophene rings is 1. The summed E-state index contributed by atoms with van der Waals surface area (Å²) in [6.45, 7) is 7.81. The smallest absolute Gasteiger partial charge is 0.224 e. The predicted molar refractivity (Wildman–Crippen MR) is 77.3 cm³/mol. The van der Waals surface area contributed by atoms with Crippen molar-refractivity contribution >= 4 is 23.1 Å². The Hall–Kier alpha value is -1.62. The van der Waals surface area contributed by atoms with Crippen LogP contribution in [-0.4, -0.2) is 16.5 Å². The van der Waals surface area contributed by atoms with E-state index in [1.54, 1.807) is 11.3 Å². The van der Waals surface area contributed by atoms with E-state index in [-0.39, 0.29) is 0 Å². The Bertz CT molecular complexity index is 521. The number of nitrogens with one attached hydrogen (secondary N) is 2. The SMILES string of the molecule is CCNc1ncc(C)c(NCc2sccc2C)n1. The summed E-state index contributed by atoms with van der Waals surface area (Å²) in [5.74, 6) is 1.57. The molecule has 0 unspecified atom stereocenters. The maximum absolute atomic E-state index is 4.46. The Morgan fingerprint density at radius 2 is 2.06 bits per heavy atom. The largest absolute Gasteiger partial charge is 0.365 e. The average molecular weight is 262 g/mol. The minimum absolute atomic E-state index is 0.675. The van der Waals surface area contributed by atoms with E-state index in [1.807, 2.05) is 20.0 Å². The van der Waals surface area contributed by atoms with E-state index in [9.17, 15) is 0 Å². The third kappa shape index (κ3) is 2.98. The molecule has 2 rings (SSSR count). The van der Waals surface area contributed by atoms with Crippen LogP contribution in [0, 0.1) is 13.8 Å².